The van der Waals surface area contributed by atoms with Gasteiger partial charge in [0.05, 0.1) is 23.3 Å². The molecule has 0 saturated carbocycles. The van der Waals surface area contributed by atoms with Crippen molar-refractivity contribution in [2.24, 2.45) is 18.2 Å². The van der Waals surface area contributed by atoms with Gasteiger partial charge in [-0.2, -0.15) is 5.10 Å². The topological polar surface area (TPSA) is 98.2 Å². The standard InChI is InChI=1S/C11H19N3O3S/c1-8-9(5-14(2)13-8)10(15)11(6-12)3-4-18(16,17)7-11/h5,10,15H,3-4,6-7,12H2,1-2H3. The van der Waals surface area contributed by atoms with Crippen LogP contribution in [0.5, 0.6) is 0 Å². The molecule has 1 fully saturated rings. The summed E-state index contributed by atoms with van der Waals surface area (Å²) in [5.74, 6) is 0.0482. The first-order valence-corrected chi connectivity index (χ1v) is 7.70. The second kappa shape index (κ2) is 4.32. The van der Waals surface area contributed by atoms with Crippen LogP contribution in [0.15, 0.2) is 6.20 Å². The van der Waals surface area contributed by atoms with Crippen LogP contribution in [-0.4, -0.2) is 41.4 Å². The zero-order valence-electron chi connectivity index (χ0n) is 10.6. The molecule has 0 amide bonds. The molecule has 6 nitrogen and oxygen atoms in total. The number of sulfone groups is 1. The second-order valence-corrected chi connectivity index (χ2v) is 7.34. The molecule has 0 aromatic carbocycles. The number of nitrogens with two attached hydrogens (primary N) is 1. The Morgan fingerprint density at radius 1 is 1.67 bits per heavy atom. The van der Waals surface area contributed by atoms with Crippen LogP contribution in [0, 0.1) is 12.3 Å². The third-order valence-electron chi connectivity index (χ3n) is 3.75. The SMILES string of the molecule is Cc1nn(C)cc1C(O)C1(CN)CCS(=O)(=O)C1. The van der Waals surface area contributed by atoms with Crippen molar-refractivity contribution in [3.63, 3.8) is 0 Å². The van der Waals surface area contributed by atoms with Gasteiger partial charge in [0.25, 0.3) is 0 Å². The van der Waals surface area contributed by atoms with E-state index in [1.54, 1.807) is 24.9 Å². The lowest BCUT2D eigenvalue weighted by molar-refractivity contribution is 0.0466. The van der Waals surface area contributed by atoms with E-state index in [2.05, 4.69) is 5.10 Å². The first kappa shape index (κ1) is 13.5. The van der Waals surface area contributed by atoms with Crippen LogP contribution in [-0.2, 0) is 16.9 Å². The van der Waals surface area contributed by atoms with Crippen LogP contribution in [0.25, 0.3) is 0 Å². The predicted molar refractivity (Wildman–Crippen MR) is 67.7 cm³/mol. The maximum atomic E-state index is 11.6. The minimum Gasteiger partial charge on any atom is -0.388 e. The first-order chi connectivity index (χ1) is 8.30. The number of aryl methyl sites for hydroxylation is 2. The molecule has 1 saturated heterocycles. The Bertz CT molecular complexity index is 552. The summed E-state index contributed by atoms with van der Waals surface area (Å²) in [6.45, 7) is 1.95. The Morgan fingerprint density at radius 3 is 2.72 bits per heavy atom. The second-order valence-electron chi connectivity index (χ2n) is 5.15. The van der Waals surface area contributed by atoms with E-state index in [1.807, 2.05) is 0 Å². The molecule has 102 valence electrons. The first-order valence-electron chi connectivity index (χ1n) is 5.88. The van der Waals surface area contributed by atoms with Crippen molar-refractivity contribution >= 4 is 9.84 Å². The van der Waals surface area contributed by atoms with E-state index in [9.17, 15) is 13.5 Å². The fraction of sp³-hybridized carbons (Fsp3) is 0.727. The molecule has 0 aliphatic carbocycles. The van der Waals surface area contributed by atoms with Crippen molar-refractivity contribution in [1.82, 2.24) is 9.78 Å². The van der Waals surface area contributed by atoms with Crippen LogP contribution in [0.2, 0.25) is 0 Å². The van der Waals surface area contributed by atoms with Gasteiger partial charge in [0, 0.05) is 30.8 Å². The molecule has 1 aromatic rings. The lowest BCUT2D eigenvalue weighted by atomic mass is 9.78. The molecule has 0 spiro atoms. The summed E-state index contributed by atoms with van der Waals surface area (Å²) in [6, 6.07) is 0. The zero-order valence-corrected chi connectivity index (χ0v) is 11.4. The molecule has 2 rings (SSSR count). The Morgan fingerprint density at radius 2 is 2.33 bits per heavy atom. The van der Waals surface area contributed by atoms with Crippen molar-refractivity contribution in [3.8, 4) is 0 Å². The lowest BCUT2D eigenvalue weighted by Gasteiger charge is -2.31. The molecule has 1 aromatic heterocycles. The van der Waals surface area contributed by atoms with Gasteiger partial charge in [-0.1, -0.05) is 0 Å². The molecule has 0 radical (unpaired) electrons. The van der Waals surface area contributed by atoms with E-state index in [1.165, 1.54) is 0 Å². The highest BCUT2D eigenvalue weighted by Gasteiger charge is 2.47. The predicted octanol–water partition coefficient (Wildman–Crippen LogP) is -0.474. The quantitative estimate of drug-likeness (QED) is 0.775. The maximum absolute atomic E-state index is 11.6. The number of aliphatic hydroxyl groups is 1. The molecule has 2 atom stereocenters. The maximum Gasteiger partial charge on any atom is 0.151 e. The van der Waals surface area contributed by atoms with E-state index >= 15 is 0 Å². The molecule has 7 heteroatoms. The van der Waals surface area contributed by atoms with Crippen LogP contribution in [0.1, 0.15) is 23.8 Å². The Hall–Kier alpha value is -0.920. The summed E-state index contributed by atoms with van der Waals surface area (Å²) in [5.41, 5.74) is 6.34. The largest absolute Gasteiger partial charge is 0.388 e. The summed E-state index contributed by atoms with van der Waals surface area (Å²) in [4.78, 5) is 0. The average Bonchev–Trinajstić information content (AvgIpc) is 2.78. The highest BCUT2D eigenvalue weighted by molar-refractivity contribution is 7.91. The number of aliphatic hydroxyl groups excluding tert-OH is 1. The summed E-state index contributed by atoms with van der Waals surface area (Å²) in [5, 5.41) is 14.7. The number of aromatic nitrogens is 2. The molecule has 18 heavy (non-hydrogen) atoms. The van der Waals surface area contributed by atoms with Gasteiger partial charge < -0.3 is 10.8 Å². The van der Waals surface area contributed by atoms with Gasteiger partial charge in [-0.15, -0.1) is 0 Å². The summed E-state index contributed by atoms with van der Waals surface area (Å²) in [7, 11) is -1.32. The molecular weight excluding hydrogens is 254 g/mol. The fourth-order valence-electron chi connectivity index (χ4n) is 2.65. The third-order valence-corrected chi connectivity index (χ3v) is 5.59. The number of hydrogen-bond acceptors (Lipinski definition) is 5. The molecule has 1 aliphatic heterocycles. The minimum absolute atomic E-state index is 0.0496. The Labute approximate surface area is 107 Å². The average molecular weight is 273 g/mol. The highest BCUT2D eigenvalue weighted by Crippen LogP contribution is 2.43. The van der Waals surface area contributed by atoms with E-state index in [4.69, 9.17) is 5.73 Å². The van der Waals surface area contributed by atoms with E-state index in [0.717, 1.165) is 0 Å². The fourth-order valence-corrected chi connectivity index (χ4v) is 4.80. The zero-order chi connectivity index (χ0) is 13.6. The molecule has 3 N–H and O–H groups in total. The van der Waals surface area contributed by atoms with Gasteiger partial charge in [0.2, 0.25) is 0 Å². The summed E-state index contributed by atoms with van der Waals surface area (Å²) < 4.78 is 24.9. The van der Waals surface area contributed by atoms with Crippen LogP contribution in [0.4, 0.5) is 0 Å². The Balaban J connectivity index is 2.37. The van der Waals surface area contributed by atoms with Gasteiger partial charge in [0.1, 0.15) is 0 Å². The van der Waals surface area contributed by atoms with Gasteiger partial charge in [-0.25, -0.2) is 8.42 Å². The van der Waals surface area contributed by atoms with Crippen LogP contribution in [0.3, 0.4) is 0 Å². The molecular formula is C11H19N3O3S. The Kier molecular flexibility index (Phi) is 3.25. The smallest absolute Gasteiger partial charge is 0.151 e. The monoisotopic (exact) mass is 273 g/mol. The van der Waals surface area contributed by atoms with E-state index in [0.29, 0.717) is 17.7 Å². The van der Waals surface area contributed by atoms with Crippen molar-refractivity contribution < 1.29 is 13.5 Å². The van der Waals surface area contributed by atoms with E-state index < -0.39 is 21.4 Å². The summed E-state index contributed by atoms with van der Waals surface area (Å²) >= 11 is 0. The van der Waals surface area contributed by atoms with Crippen molar-refractivity contribution in [3.05, 3.63) is 17.5 Å². The third kappa shape index (κ3) is 2.17. The normalized spacial score (nSPS) is 28.4. The van der Waals surface area contributed by atoms with Crippen molar-refractivity contribution in [2.75, 3.05) is 18.1 Å². The van der Waals surface area contributed by atoms with Gasteiger partial charge in [-0.05, 0) is 13.3 Å². The van der Waals surface area contributed by atoms with E-state index in [-0.39, 0.29) is 18.1 Å². The molecule has 1 aliphatic rings. The lowest BCUT2D eigenvalue weighted by Crippen LogP contribution is -2.38. The van der Waals surface area contributed by atoms with Crippen molar-refractivity contribution in [2.45, 2.75) is 19.4 Å². The minimum atomic E-state index is -3.09. The summed E-state index contributed by atoms with van der Waals surface area (Å²) in [6.07, 6.45) is 1.25. The number of rotatable bonds is 3. The molecule has 0 bridgehead atoms. The van der Waals surface area contributed by atoms with Gasteiger partial charge >= 0.3 is 0 Å². The highest BCUT2D eigenvalue weighted by atomic mass is 32.2. The number of hydrogen-bond donors (Lipinski definition) is 2. The van der Waals surface area contributed by atoms with Gasteiger partial charge in [0.15, 0.2) is 9.84 Å². The molecule has 2 unspecified atom stereocenters. The van der Waals surface area contributed by atoms with Crippen LogP contribution < -0.4 is 5.73 Å². The number of nitrogens with zero attached hydrogens (tertiary/aromatic N) is 2. The van der Waals surface area contributed by atoms with Crippen molar-refractivity contribution in [1.29, 1.82) is 0 Å². The molecule has 2 heterocycles. The van der Waals surface area contributed by atoms with Crippen LogP contribution >= 0.6 is 0 Å². The van der Waals surface area contributed by atoms with Gasteiger partial charge in [-0.3, -0.25) is 4.68 Å².